The lowest BCUT2D eigenvalue weighted by Crippen LogP contribution is -2.02. The Morgan fingerprint density at radius 2 is 1.69 bits per heavy atom. The number of aliphatic hydroxyl groups is 2. The Labute approximate surface area is 99.2 Å². The third kappa shape index (κ3) is 1.49. The molecular formula is C9H4Cl2O5. The molecule has 0 amide bonds. The highest BCUT2D eigenvalue weighted by molar-refractivity contribution is 6.41. The highest BCUT2D eigenvalue weighted by Crippen LogP contribution is 2.37. The van der Waals surface area contributed by atoms with E-state index in [1.165, 1.54) is 0 Å². The molecule has 5 nitrogen and oxygen atoms in total. The summed E-state index contributed by atoms with van der Waals surface area (Å²) in [4.78, 5) is 22.5. The summed E-state index contributed by atoms with van der Waals surface area (Å²) in [5, 5.41) is 17.6. The first-order valence-electron chi connectivity index (χ1n) is 4.08. The van der Waals surface area contributed by atoms with Gasteiger partial charge in [0.1, 0.15) is 0 Å². The van der Waals surface area contributed by atoms with Gasteiger partial charge in [0.05, 0.1) is 21.2 Å². The van der Waals surface area contributed by atoms with Crippen molar-refractivity contribution in [2.24, 2.45) is 0 Å². The zero-order valence-electron chi connectivity index (χ0n) is 7.53. The minimum Gasteiger partial charge on any atom is -0.386 e. The number of cyclic esters (lactones) is 2. The summed E-state index contributed by atoms with van der Waals surface area (Å²) in [6.45, 7) is 0. The Morgan fingerprint density at radius 3 is 2.25 bits per heavy atom. The average Bonchev–Trinajstić information content (AvgIpc) is 2.48. The smallest absolute Gasteiger partial charge is 0.348 e. The molecule has 84 valence electrons. The Hall–Kier alpha value is -1.14. The predicted molar refractivity (Wildman–Crippen MR) is 53.4 cm³/mol. The quantitative estimate of drug-likeness (QED) is 0.453. The number of carbonyl (C=O) groups excluding carboxylic acids is 2. The standard InChI is InChI=1S/C9H4Cl2O5/c10-3-1-2(7(12)13)6(11)5-4(3)8(14)16-9(5)15/h1,7,12-13H. The lowest BCUT2D eigenvalue weighted by Gasteiger charge is -2.09. The predicted octanol–water partition coefficient (Wildman–Crippen LogP) is 1.29. The van der Waals surface area contributed by atoms with Crippen molar-refractivity contribution in [2.75, 3.05) is 0 Å². The third-order valence-corrected chi connectivity index (χ3v) is 2.82. The number of fused-ring (bicyclic) bond motifs is 1. The van der Waals surface area contributed by atoms with E-state index in [1.54, 1.807) is 0 Å². The lowest BCUT2D eigenvalue weighted by molar-refractivity contribution is -0.0424. The van der Waals surface area contributed by atoms with Crippen LogP contribution in [0.3, 0.4) is 0 Å². The molecule has 7 heteroatoms. The van der Waals surface area contributed by atoms with Crippen LogP contribution in [0.2, 0.25) is 10.0 Å². The molecule has 1 aliphatic rings. The van der Waals surface area contributed by atoms with Crippen molar-refractivity contribution in [1.82, 2.24) is 0 Å². The van der Waals surface area contributed by atoms with Crippen LogP contribution in [0.5, 0.6) is 0 Å². The van der Waals surface area contributed by atoms with Gasteiger partial charge in [-0.2, -0.15) is 0 Å². The Balaban J connectivity index is 2.79. The molecule has 2 N–H and O–H groups in total. The van der Waals surface area contributed by atoms with Crippen molar-refractivity contribution in [2.45, 2.75) is 6.29 Å². The highest BCUT2D eigenvalue weighted by Gasteiger charge is 2.36. The molecule has 0 fully saturated rings. The third-order valence-electron chi connectivity index (χ3n) is 2.12. The minimum atomic E-state index is -1.89. The Morgan fingerprint density at radius 1 is 1.12 bits per heavy atom. The molecule has 0 aromatic heterocycles. The van der Waals surface area contributed by atoms with E-state index in [2.05, 4.69) is 4.74 Å². The van der Waals surface area contributed by atoms with Crippen LogP contribution >= 0.6 is 23.2 Å². The molecule has 1 aromatic carbocycles. The van der Waals surface area contributed by atoms with Gasteiger partial charge in [0, 0.05) is 5.56 Å². The lowest BCUT2D eigenvalue weighted by atomic mass is 10.0. The molecule has 0 unspecified atom stereocenters. The summed E-state index contributed by atoms with van der Waals surface area (Å²) in [6, 6.07) is 1.10. The molecule has 1 aliphatic heterocycles. The largest absolute Gasteiger partial charge is 0.386 e. The second-order valence-corrected chi connectivity index (χ2v) is 3.85. The second kappa shape index (κ2) is 3.71. The van der Waals surface area contributed by atoms with Crippen LogP contribution in [-0.4, -0.2) is 22.2 Å². The molecule has 16 heavy (non-hydrogen) atoms. The first kappa shape index (κ1) is 11.3. The fraction of sp³-hybridized carbons (Fsp3) is 0.111. The number of benzene rings is 1. The number of rotatable bonds is 1. The van der Waals surface area contributed by atoms with Crippen molar-refractivity contribution in [3.05, 3.63) is 32.8 Å². The summed E-state index contributed by atoms with van der Waals surface area (Å²) >= 11 is 11.5. The maximum atomic E-state index is 11.3. The number of carbonyl (C=O) groups is 2. The maximum Gasteiger partial charge on any atom is 0.348 e. The van der Waals surface area contributed by atoms with Crippen molar-refractivity contribution in [3.63, 3.8) is 0 Å². The number of halogens is 2. The monoisotopic (exact) mass is 262 g/mol. The SMILES string of the molecule is O=C1OC(=O)c2c(Cl)c(C(O)O)cc(Cl)c21. The fourth-order valence-corrected chi connectivity index (χ4v) is 2.02. The van der Waals surface area contributed by atoms with Gasteiger partial charge in [-0.1, -0.05) is 23.2 Å². The van der Waals surface area contributed by atoms with E-state index in [0.29, 0.717) is 0 Å². The van der Waals surface area contributed by atoms with E-state index in [0.717, 1.165) is 6.07 Å². The van der Waals surface area contributed by atoms with Crippen LogP contribution in [-0.2, 0) is 4.74 Å². The van der Waals surface area contributed by atoms with Gasteiger partial charge in [0.2, 0.25) is 0 Å². The number of ether oxygens (including phenoxy) is 1. The Bertz CT molecular complexity index is 509. The summed E-state index contributed by atoms with van der Waals surface area (Å²) in [6.07, 6.45) is -1.89. The molecule has 0 bridgehead atoms. The number of aliphatic hydroxyl groups excluding tert-OH is 1. The summed E-state index contributed by atoms with van der Waals surface area (Å²) in [7, 11) is 0. The van der Waals surface area contributed by atoms with Crippen LogP contribution in [0.1, 0.15) is 32.6 Å². The molecule has 0 saturated carbocycles. The van der Waals surface area contributed by atoms with Gasteiger partial charge in [-0.05, 0) is 6.07 Å². The normalized spacial score (nSPS) is 14.3. The topological polar surface area (TPSA) is 83.8 Å². The molecule has 0 saturated heterocycles. The summed E-state index contributed by atoms with van der Waals surface area (Å²) in [5.41, 5.74) is -0.541. The van der Waals surface area contributed by atoms with Gasteiger partial charge in [0.25, 0.3) is 0 Å². The van der Waals surface area contributed by atoms with E-state index >= 15 is 0 Å². The van der Waals surface area contributed by atoms with Gasteiger partial charge in [-0.3, -0.25) is 0 Å². The van der Waals surface area contributed by atoms with Gasteiger partial charge in [-0.25, -0.2) is 9.59 Å². The zero-order valence-corrected chi connectivity index (χ0v) is 9.04. The molecule has 2 rings (SSSR count). The van der Waals surface area contributed by atoms with E-state index in [-0.39, 0.29) is 26.7 Å². The Kier molecular flexibility index (Phi) is 2.63. The summed E-state index contributed by atoms with van der Waals surface area (Å²) < 4.78 is 4.32. The van der Waals surface area contributed by atoms with Gasteiger partial charge < -0.3 is 14.9 Å². The zero-order chi connectivity index (χ0) is 12.0. The van der Waals surface area contributed by atoms with E-state index in [4.69, 9.17) is 33.4 Å². The molecule has 1 aromatic rings. The molecule has 0 atom stereocenters. The van der Waals surface area contributed by atoms with Crippen LogP contribution in [0.4, 0.5) is 0 Å². The van der Waals surface area contributed by atoms with Crippen LogP contribution in [0.25, 0.3) is 0 Å². The van der Waals surface area contributed by atoms with Crippen molar-refractivity contribution < 1.29 is 24.5 Å². The van der Waals surface area contributed by atoms with E-state index in [9.17, 15) is 9.59 Å². The van der Waals surface area contributed by atoms with E-state index < -0.39 is 18.2 Å². The number of hydrogen-bond acceptors (Lipinski definition) is 5. The first-order valence-corrected chi connectivity index (χ1v) is 4.83. The maximum absolute atomic E-state index is 11.3. The van der Waals surface area contributed by atoms with Crippen LogP contribution < -0.4 is 0 Å². The molecule has 0 radical (unpaired) electrons. The van der Waals surface area contributed by atoms with Crippen LogP contribution in [0, 0.1) is 0 Å². The van der Waals surface area contributed by atoms with Crippen molar-refractivity contribution in [3.8, 4) is 0 Å². The highest BCUT2D eigenvalue weighted by atomic mass is 35.5. The van der Waals surface area contributed by atoms with Gasteiger partial charge >= 0.3 is 11.9 Å². The minimum absolute atomic E-state index is 0.113. The van der Waals surface area contributed by atoms with Gasteiger partial charge in [-0.15, -0.1) is 0 Å². The average molecular weight is 263 g/mol. The molecule has 0 aliphatic carbocycles. The number of hydrogen-bond donors (Lipinski definition) is 2. The fourth-order valence-electron chi connectivity index (χ4n) is 1.41. The first-order chi connectivity index (χ1) is 7.43. The molecular weight excluding hydrogens is 259 g/mol. The van der Waals surface area contributed by atoms with Crippen molar-refractivity contribution >= 4 is 35.1 Å². The van der Waals surface area contributed by atoms with Crippen LogP contribution in [0.15, 0.2) is 6.07 Å². The van der Waals surface area contributed by atoms with Gasteiger partial charge in [0.15, 0.2) is 6.29 Å². The van der Waals surface area contributed by atoms with Crippen molar-refractivity contribution in [1.29, 1.82) is 0 Å². The molecule has 1 heterocycles. The second-order valence-electron chi connectivity index (χ2n) is 3.06. The summed E-state index contributed by atoms with van der Waals surface area (Å²) in [5.74, 6) is -1.85. The number of esters is 2. The van der Waals surface area contributed by atoms with E-state index in [1.807, 2.05) is 0 Å². The molecule has 0 spiro atoms.